The molecule has 18 heavy (non-hydrogen) atoms. The molecule has 0 aliphatic carbocycles. The van der Waals surface area contributed by atoms with Crippen molar-refractivity contribution in [1.29, 1.82) is 0 Å². The summed E-state index contributed by atoms with van der Waals surface area (Å²) in [5.74, 6) is 1.25. The van der Waals surface area contributed by atoms with E-state index in [1.807, 2.05) is 13.0 Å². The Kier molecular flexibility index (Phi) is 4.22. The smallest absolute Gasteiger partial charge is 0.230 e. The van der Waals surface area contributed by atoms with Crippen LogP contribution < -0.4 is 5.73 Å². The lowest BCUT2D eigenvalue weighted by atomic mass is 10.1. The maximum absolute atomic E-state index is 5.95. The van der Waals surface area contributed by atoms with Crippen LogP contribution in [-0.2, 0) is 6.42 Å². The van der Waals surface area contributed by atoms with Gasteiger partial charge in [-0.2, -0.15) is 4.98 Å². The van der Waals surface area contributed by atoms with Crippen molar-refractivity contribution < 1.29 is 4.52 Å². The average molecular weight is 286 g/mol. The fourth-order valence-corrected chi connectivity index (χ4v) is 1.79. The molecule has 0 amide bonds. The molecule has 2 rings (SSSR count). The van der Waals surface area contributed by atoms with Gasteiger partial charge in [0.15, 0.2) is 5.82 Å². The minimum Gasteiger partial charge on any atom is -0.339 e. The minimum atomic E-state index is 0.0695. The van der Waals surface area contributed by atoms with Crippen LogP contribution in [0.25, 0.3) is 0 Å². The van der Waals surface area contributed by atoms with Crippen molar-refractivity contribution in [1.82, 2.24) is 10.1 Å². The molecule has 0 fully saturated rings. The highest BCUT2D eigenvalue weighted by Crippen LogP contribution is 2.23. The Morgan fingerprint density at radius 3 is 2.78 bits per heavy atom. The number of benzene rings is 1. The van der Waals surface area contributed by atoms with E-state index < -0.39 is 0 Å². The molecule has 96 valence electrons. The molecule has 0 aliphatic heterocycles. The molecular weight excluding hydrogens is 273 g/mol. The molecule has 1 unspecified atom stereocenters. The van der Waals surface area contributed by atoms with Crippen molar-refractivity contribution in [2.45, 2.75) is 19.3 Å². The summed E-state index contributed by atoms with van der Waals surface area (Å²) >= 11 is 11.8. The second-order valence-electron chi connectivity index (χ2n) is 4.11. The Morgan fingerprint density at radius 2 is 2.11 bits per heavy atom. The van der Waals surface area contributed by atoms with Gasteiger partial charge in [0.2, 0.25) is 5.89 Å². The van der Waals surface area contributed by atoms with Gasteiger partial charge in [0.05, 0.1) is 10.0 Å². The molecule has 0 aliphatic rings. The number of nitrogens with two attached hydrogens (primary N) is 1. The molecule has 1 aromatic heterocycles. The van der Waals surface area contributed by atoms with E-state index in [1.54, 1.807) is 12.1 Å². The Bertz CT molecular complexity index is 542. The molecule has 4 nitrogen and oxygen atoms in total. The first-order chi connectivity index (χ1) is 8.60. The first-order valence-corrected chi connectivity index (χ1v) is 6.32. The summed E-state index contributed by atoms with van der Waals surface area (Å²) in [6, 6.07) is 5.44. The summed E-state index contributed by atoms with van der Waals surface area (Å²) in [6.07, 6.45) is 0.553. The van der Waals surface area contributed by atoms with E-state index in [1.165, 1.54) is 0 Å². The van der Waals surface area contributed by atoms with E-state index in [0.29, 0.717) is 34.7 Å². The molecule has 6 heteroatoms. The van der Waals surface area contributed by atoms with E-state index >= 15 is 0 Å². The number of halogens is 2. The Balaban J connectivity index is 2.13. The molecular formula is C12H13Cl2N3O. The summed E-state index contributed by atoms with van der Waals surface area (Å²) in [5.41, 5.74) is 6.53. The lowest BCUT2D eigenvalue weighted by Crippen LogP contribution is -2.09. The largest absolute Gasteiger partial charge is 0.339 e. The molecule has 0 saturated heterocycles. The summed E-state index contributed by atoms with van der Waals surface area (Å²) in [5, 5.41) is 4.97. The van der Waals surface area contributed by atoms with Crippen LogP contribution in [0, 0.1) is 0 Å². The summed E-state index contributed by atoms with van der Waals surface area (Å²) in [7, 11) is 0. The highest BCUT2D eigenvalue weighted by Gasteiger charge is 2.13. The van der Waals surface area contributed by atoms with Gasteiger partial charge < -0.3 is 10.3 Å². The van der Waals surface area contributed by atoms with Gasteiger partial charge >= 0.3 is 0 Å². The third kappa shape index (κ3) is 3.02. The second kappa shape index (κ2) is 5.69. The monoisotopic (exact) mass is 285 g/mol. The van der Waals surface area contributed by atoms with Crippen molar-refractivity contribution >= 4 is 23.2 Å². The van der Waals surface area contributed by atoms with E-state index in [-0.39, 0.29) is 5.92 Å². The summed E-state index contributed by atoms with van der Waals surface area (Å²) < 4.78 is 5.14. The first-order valence-electron chi connectivity index (χ1n) is 5.56. The highest BCUT2D eigenvalue weighted by atomic mass is 35.5. The summed E-state index contributed by atoms with van der Waals surface area (Å²) in [4.78, 5) is 4.29. The molecule has 2 N–H and O–H groups in total. The maximum atomic E-state index is 5.95. The normalized spacial score (nSPS) is 12.7. The van der Waals surface area contributed by atoms with Crippen LogP contribution in [-0.4, -0.2) is 16.7 Å². The molecule has 0 bridgehead atoms. The fourth-order valence-electron chi connectivity index (χ4n) is 1.47. The number of nitrogens with zero attached hydrogens (tertiary/aromatic N) is 2. The zero-order valence-electron chi connectivity index (χ0n) is 9.86. The van der Waals surface area contributed by atoms with Gasteiger partial charge in [-0.1, -0.05) is 41.3 Å². The Labute approximate surface area is 115 Å². The van der Waals surface area contributed by atoms with Crippen molar-refractivity contribution in [3.05, 3.63) is 45.5 Å². The van der Waals surface area contributed by atoms with Gasteiger partial charge in [0, 0.05) is 18.9 Å². The third-order valence-electron chi connectivity index (χ3n) is 2.61. The Morgan fingerprint density at radius 1 is 1.33 bits per heavy atom. The zero-order chi connectivity index (χ0) is 13.1. The standard InChI is InChI=1S/C12H13Cl2N3O/c1-7(6-15)12-16-11(17-18-12)5-8-2-3-9(13)10(14)4-8/h2-4,7H,5-6,15H2,1H3. The van der Waals surface area contributed by atoms with Gasteiger partial charge in [0.25, 0.3) is 0 Å². The average Bonchev–Trinajstić information content (AvgIpc) is 2.81. The van der Waals surface area contributed by atoms with Crippen LogP contribution in [0.1, 0.15) is 30.1 Å². The number of rotatable bonds is 4. The zero-order valence-corrected chi connectivity index (χ0v) is 11.4. The lowest BCUT2D eigenvalue weighted by Gasteiger charge is -2.00. The van der Waals surface area contributed by atoms with Crippen molar-refractivity contribution in [2.24, 2.45) is 5.73 Å². The van der Waals surface area contributed by atoms with Crippen molar-refractivity contribution in [2.75, 3.05) is 6.54 Å². The van der Waals surface area contributed by atoms with Gasteiger partial charge in [-0.15, -0.1) is 0 Å². The predicted octanol–water partition coefficient (Wildman–Crippen LogP) is 3.03. The van der Waals surface area contributed by atoms with Gasteiger partial charge in [-0.3, -0.25) is 0 Å². The first kappa shape index (κ1) is 13.3. The van der Waals surface area contributed by atoms with E-state index in [0.717, 1.165) is 5.56 Å². The van der Waals surface area contributed by atoms with Crippen LogP contribution in [0.3, 0.4) is 0 Å². The van der Waals surface area contributed by atoms with Crippen molar-refractivity contribution in [3.8, 4) is 0 Å². The third-order valence-corrected chi connectivity index (χ3v) is 3.34. The van der Waals surface area contributed by atoms with Crippen LogP contribution in [0.2, 0.25) is 10.0 Å². The lowest BCUT2D eigenvalue weighted by molar-refractivity contribution is 0.357. The van der Waals surface area contributed by atoms with E-state index in [2.05, 4.69) is 10.1 Å². The molecule has 1 atom stereocenters. The molecule has 2 aromatic rings. The van der Waals surface area contributed by atoms with Crippen LogP contribution in [0.5, 0.6) is 0 Å². The van der Waals surface area contributed by atoms with Crippen molar-refractivity contribution in [3.63, 3.8) is 0 Å². The minimum absolute atomic E-state index is 0.0695. The quantitative estimate of drug-likeness (QED) is 0.938. The molecule has 0 saturated carbocycles. The highest BCUT2D eigenvalue weighted by molar-refractivity contribution is 6.42. The predicted molar refractivity (Wildman–Crippen MR) is 71.0 cm³/mol. The number of aromatic nitrogens is 2. The topological polar surface area (TPSA) is 64.9 Å². The fraction of sp³-hybridized carbons (Fsp3) is 0.333. The van der Waals surface area contributed by atoms with E-state index in [4.69, 9.17) is 33.5 Å². The summed E-state index contributed by atoms with van der Waals surface area (Å²) in [6.45, 7) is 2.42. The second-order valence-corrected chi connectivity index (χ2v) is 4.93. The number of hydrogen-bond acceptors (Lipinski definition) is 4. The molecule has 0 spiro atoms. The van der Waals surface area contributed by atoms with Gasteiger partial charge in [0.1, 0.15) is 0 Å². The maximum Gasteiger partial charge on any atom is 0.230 e. The van der Waals surface area contributed by atoms with Crippen LogP contribution in [0.4, 0.5) is 0 Å². The van der Waals surface area contributed by atoms with Crippen LogP contribution in [0.15, 0.2) is 22.7 Å². The van der Waals surface area contributed by atoms with E-state index in [9.17, 15) is 0 Å². The van der Waals surface area contributed by atoms with Gasteiger partial charge in [-0.25, -0.2) is 0 Å². The molecule has 1 heterocycles. The van der Waals surface area contributed by atoms with Crippen LogP contribution >= 0.6 is 23.2 Å². The number of hydrogen-bond donors (Lipinski definition) is 1. The Hall–Kier alpha value is -1.10. The SMILES string of the molecule is CC(CN)c1nc(Cc2ccc(Cl)c(Cl)c2)no1. The molecule has 1 aromatic carbocycles. The molecule has 0 radical (unpaired) electrons. The van der Waals surface area contributed by atoms with Gasteiger partial charge in [-0.05, 0) is 17.7 Å².